The number of nitrogens with one attached hydrogen (secondary N) is 2. The van der Waals surface area contributed by atoms with E-state index < -0.39 is 0 Å². The molecule has 6 nitrogen and oxygen atoms in total. The number of carbonyl (C=O) groups is 2. The number of aromatic hydroxyl groups is 1. The molecule has 3 N–H and O–H groups in total. The zero-order valence-electron chi connectivity index (χ0n) is 13.2. The number of hydrogen-bond acceptors (Lipinski definition) is 4. The first-order valence-corrected chi connectivity index (χ1v) is 7.39. The third-order valence-electron chi connectivity index (χ3n) is 3.39. The van der Waals surface area contributed by atoms with Gasteiger partial charge in [0, 0.05) is 18.7 Å². The summed E-state index contributed by atoms with van der Waals surface area (Å²) in [5.74, 6) is -0.339. The SMILES string of the molecule is Cc1ccc(C(=O)NCCCNC(=O)c2occc2C)c(O)c1. The maximum Gasteiger partial charge on any atom is 0.287 e. The van der Waals surface area contributed by atoms with E-state index in [1.54, 1.807) is 31.2 Å². The maximum atomic E-state index is 11.9. The Morgan fingerprint density at radius 2 is 1.78 bits per heavy atom. The van der Waals surface area contributed by atoms with Gasteiger partial charge in [0.1, 0.15) is 5.75 Å². The highest BCUT2D eigenvalue weighted by Crippen LogP contribution is 2.17. The summed E-state index contributed by atoms with van der Waals surface area (Å²) in [5.41, 5.74) is 1.91. The van der Waals surface area contributed by atoms with E-state index >= 15 is 0 Å². The van der Waals surface area contributed by atoms with Crippen LogP contribution in [0.3, 0.4) is 0 Å². The predicted octanol–water partition coefficient (Wildman–Crippen LogP) is 2.15. The molecule has 0 saturated carbocycles. The molecule has 0 atom stereocenters. The Hall–Kier alpha value is -2.76. The molecule has 2 aromatic rings. The van der Waals surface area contributed by atoms with Crippen molar-refractivity contribution in [3.63, 3.8) is 0 Å². The lowest BCUT2D eigenvalue weighted by molar-refractivity contribution is 0.0924. The molecule has 1 aromatic heterocycles. The lowest BCUT2D eigenvalue weighted by Crippen LogP contribution is -2.30. The van der Waals surface area contributed by atoms with Gasteiger partial charge in [-0.15, -0.1) is 0 Å². The van der Waals surface area contributed by atoms with Gasteiger partial charge in [0.25, 0.3) is 11.8 Å². The van der Waals surface area contributed by atoms with Crippen LogP contribution in [0.5, 0.6) is 5.75 Å². The number of phenolic OH excluding ortho intramolecular Hbond substituents is 1. The Kier molecular flexibility index (Phi) is 5.41. The van der Waals surface area contributed by atoms with Crippen LogP contribution in [-0.4, -0.2) is 30.0 Å². The fourth-order valence-electron chi connectivity index (χ4n) is 2.11. The van der Waals surface area contributed by atoms with E-state index in [0.717, 1.165) is 11.1 Å². The number of rotatable bonds is 6. The molecule has 0 bridgehead atoms. The second kappa shape index (κ2) is 7.49. The largest absolute Gasteiger partial charge is 0.507 e. The van der Waals surface area contributed by atoms with Crippen molar-refractivity contribution in [1.82, 2.24) is 10.6 Å². The lowest BCUT2D eigenvalue weighted by Gasteiger charge is -2.08. The van der Waals surface area contributed by atoms with Gasteiger partial charge in [-0.3, -0.25) is 9.59 Å². The van der Waals surface area contributed by atoms with Gasteiger partial charge in [0.2, 0.25) is 0 Å². The lowest BCUT2D eigenvalue weighted by atomic mass is 10.1. The van der Waals surface area contributed by atoms with Gasteiger partial charge < -0.3 is 20.2 Å². The van der Waals surface area contributed by atoms with Gasteiger partial charge in [-0.1, -0.05) is 6.07 Å². The van der Waals surface area contributed by atoms with E-state index in [0.29, 0.717) is 25.3 Å². The van der Waals surface area contributed by atoms with Crippen LogP contribution in [-0.2, 0) is 0 Å². The molecule has 0 fully saturated rings. The van der Waals surface area contributed by atoms with Crippen molar-refractivity contribution in [3.8, 4) is 5.75 Å². The summed E-state index contributed by atoms with van der Waals surface area (Å²) in [6.07, 6.45) is 2.04. The minimum absolute atomic E-state index is 0.0379. The minimum Gasteiger partial charge on any atom is -0.507 e. The van der Waals surface area contributed by atoms with Crippen LogP contribution in [0.15, 0.2) is 34.9 Å². The average molecular weight is 316 g/mol. The minimum atomic E-state index is -0.337. The van der Waals surface area contributed by atoms with Gasteiger partial charge in [-0.05, 0) is 44.0 Å². The van der Waals surface area contributed by atoms with Gasteiger partial charge in [0.15, 0.2) is 5.76 Å². The number of benzene rings is 1. The molecule has 0 spiro atoms. The van der Waals surface area contributed by atoms with Crippen molar-refractivity contribution in [2.45, 2.75) is 20.3 Å². The van der Waals surface area contributed by atoms with Crippen molar-refractivity contribution >= 4 is 11.8 Å². The average Bonchev–Trinajstić information content (AvgIpc) is 2.92. The summed E-state index contributed by atoms with van der Waals surface area (Å²) in [6.45, 7) is 4.44. The van der Waals surface area contributed by atoms with E-state index in [4.69, 9.17) is 4.42 Å². The first-order valence-electron chi connectivity index (χ1n) is 7.39. The van der Waals surface area contributed by atoms with Crippen LogP contribution in [0.25, 0.3) is 0 Å². The summed E-state index contributed by atoms with van der Waals surface area (Å²) >= 11 is 0. The van der Waals surface area contributed by atoms with E-state index in [2.05, 4.69) is 10.6 Å². The first kappa shape index (κ1) is 16.6. The Morgan fingerprint density at radius 1 is 1.09 bits per heavy atom. The van der Waals surface area contributed by atoms with Crippen LogP contribution in [0.2, 0.25) is 0 Å². The second-order valence-corrected chi connectivity index (χ2v) is 5.32. The summed E-state index contributed by atoms with van der Waals surface area (Å²) < 4.78 is 5.09. The Balaban J connectivity index is 1.72. The fourth-order valence-corrected chi connectivity index (χ4v) is 2.11. The van der Waals surface area contributed by atoms with Gasteiger partial charge >= 0.3 is 0 Å². The van der Waals surface area contributed by atoms with Crippen LogP contribution in [0, 0.1) is 13.8 Å². The molecular weight excluding hydrogens is 296 g/mol. The smallest absolute Gasteiger partial charge is 0.287 e. The highest BCUT2D eigenvalue weighted by atomic mass is 16.3. The third-order valence-corrected chi connectivity index (χ3v) is 3.39. The van der Waals surface area contributed by atoms with Crippen molar-refractivity contribution in [3.05, 3.63) is 53.0 Å². The van der Waals surface area contributed by atoms with Crippen LogP contribution < -0.4 is 10.6 Å². The van der Waals surface area contributed by atoms with Crippen molar-refractivity contribution in [2.24, 2.45) is 0 Å². The number of aryl methyl sites for hydroxylation is 2. The zero-order valence-corrected chi connectivity index (χ0v) is 13.2. The van der Waals surface area contributed by atoms with E-state index in [-0.39, 0.29) is 23.1 Å². The van der Waals surface area contributed by atoms with Crippen molar-refractivity contribution < 1.29 is 19.1 Å². The van der Waals surface area contributed by atoms with Gasteiger partial charge in [-0.25, -0.2) is 0 Å². The summed E-state index contributed by atoms with van der Waals surface area (Å²) in [4.78, 5) is 23.7. The highest BCUT2D eigenvalue weighted by Gasteiger charge is 2.12. The molecule has 122 valence electrons. The van der Waals surface area contributed by atoms with Gasteiger partial charge in [0.05, 0.1) is 11.8 Å². The molecule has 6 heteroatoms. The second-order valence-electron chi connectivity index (χ2n) is 5.32. The molecule has 0 aliphatic rings. The third kappa shape index (κ3) is 4.35. The number of hydrogen-bond donors (Lipinski definition) is 3. The summed E-state index contributed by atoms with van der Waals surface area (Å²) in [5, 5.41) is 15.2. The molecule has 0 aliphatic carbocycles. The van der Waals surface area contributed by atoms with Crippen LogP contribution in [0.4, 0.5) is 0 Å². The van der Waals surface area contributed by atoms with E-state index in [1.807, 2.05) is 6.92 Å². The summed E-state index contributed by atoms with van der Waals surface area (Å²) in [6, 6.07) is 6.62. The van der Waals surface area contributed by atoms with Crippen molar-refractivity contribution in [1.29, 1.82) is 0 Å². The Morgan fingerprint density at radius 3 is 2.39 bits per heavy atom. The highest BCUT2D eigenvalue weighted by molar-refractivity contribution is 5.96. The number of phenols is 1. The molecule has 0 unspecified atom stereocenters. The van der Waals surface area contributed by atoms with Gasteiger partial charge in [-0.2, -0.15) is 0 Å². The normalized spacial score (nSPS) is 10.3. The monoisotopic (exact) mass is 316 g/mol. The number of carbonyl (C=O) groups excluding carboxylic acids is 2. The first-order chi connectivity index (χ1) is 11.0. The molecule has 23 heavy (non-hydrogen) atoms. The summed E-state index contributed by atoms with van der Waals surface area (Å²) in [7, 11) is 0. The standard InChI is InChI=1S/C17H20N2O4/c1-11-4-5-13(14(20)10-11)16(21)18-7-3-8-19-17(22)15-12(2)6-9-23-15/h4-6,9-10,20H,3,7-8H2,1-2H3,(H,18,21)(H,19,22). The molecule has 2 rings (SSSR count). The molecule has 1 heterocycles. The number of amides is 2. The topological polar surface area (TPSA) is 91.6 Å². The van der Waals surface area contributed by atoms with Crippen LogP contribution in [0.1, 0.15) is 38.5 Å². The van der Waals surface area contributed by atoms with E-state index in [1.165, 1.54) is 6.26 Å². The van der Waals surface area contributed by atoms with Crippen LogP contribution >= 0.6 is 0 Å². The quantitative estimate of drug-likeness (QED) is 0.712. The molecule has 0 aliphatic heterocycles. The molecule has 1 aromatic carbocycles. The molecule has 0 saturated heterocycles. The Labute approximate surface area is 134 Å². The molecule has 2 amide bonds. The Bertz CT molecular complexity index is 706. The fraction of sp³-hybridized carbons (Fsp3) is 0.294. The number of furan rings is 1. The predicted molar refractivity (Wildman–Crippen MR) is 85.6 cm³/mol. The molecular formula is C17H20N2O4. The molecule has 0 radical (unpaired) electrons. The van der Waals surface area contributed by atoms with E-state index in [9.17, 15) is 14.7 Å². The zero-order chi connectivity index (χ0) is 16.8. The maximum absolute atomic E-state index is 11.9. The van der Waals surface area contributed by atoms with Crippen molar-refractivity contribution in [2.75, 3.05) is 13.1 Å².